The van der Waals surface area contributed by atoms with E-state index in [9.17, 15) is 4.79 Å². The first kappa shape index (κ1) is 15.0. The van der Waals surface area contributed by atoms with Crippen LogP contribution in [0.3, 0.4) is 0 Å². The molecule has 0 saturated heterocycles. The fourth-order valence-electron chi connectivity index (χ4n) is 2.56. The molecule has 0 atom stereocenters. The third-order valence-electron chi connectivity index (χ3n) is 3.59. The van der Waals surface area contributed by atoms with Gasteiger partial charge in [-0.05, 0) is 31.5 Å². The summed E-state index contributed by atoms with van der Waals surface area (Å²) in [5.41, 5.74) is 3.58. The summed E-state index contributed by atoms with van der Waals surface area (Å²) in [4.78, 5) is 22.5. The highest BCUT2D eigenvalue weighted by atomic mass is 35.5. The maximum absolute atomic E-state index is 12.5. The molecule has 1 aromatic carbocycles. The highest BCUT2D eigenvalue weighted by molar-refractivity contribution is 6.31. The first-order chi connectivity index (χ1) is 10.5. The molecule has 0 radical (unpaired) electrons. The van der Waals surface area contributed by atoms with E-state index in [1.165, 1.54) is 6.33 Å². The number of carbonyl (C=O) groups excluding carboxylic acids is 1. The number of amides is 1. The predicted molar refractivity (Wildman–Crippen MR) is 88.4 cm³/mol. The fraction of sp³-hybridized carbons (Fsp3) is 0.188. The third kappa shape index (κ3) is 2.49. The van der Waals surface area contributed by atoms with Crippen LogP contribution in [0, 0.1) is 0 Å². The van der Waals surface area contributed by atoms with Crippen molar-refractivity contribution in [1.29, 1.82) is 0 Å². The molecule has 22 heavy (non-hydrogen) atoms. The van der Waals surface area contributed by atoms with Gasteiger partial charge in [0, 0.05) is 28.3 Å². The van der Waals surface area contributed by atoms with Crippen LogP contribution in [0.15, 0.2) is 36.7 Å². The van der Waals surface area contributed by atoms with Gasteiger partial charge in [0.05, 0.1) is 11.4 Å². The first-order valence-corrected chi connectivity index (χ1v) is 7.51. The molecule has 2 heterocycles. The van der Waals surface area contributed by atoms with E-state index in [4.69, 9.17) is 23.2 Å². The lowest BCUT2D eigenvalue weighted by Crippen LogP contribution is -2.32. The van der Waals surface area contributed by atoms with E-state index < -0.39 is 0 Å². The summed E-state index contributed by atoms with van der Waals surface area (Å²) in [7, 11) is 0. The molecule has 1 aromatic heterocycles. The number of fused-ring (bicyclic) bond motifs is 3. The van der Waals surface area contributed by atoms with Gasteiger partial charge in [-0.1, -0.05) is 29.8 Å². The van der Waals surface area contributed by atoms with Gasteiger partial charge in [-0.25, -0.2) is 9.97 Å². The summed E-state index contributed by atoms with van der Waals surface area (Å²) in [6.07, 6.45) is 2.00. The maximum Gasteiger partial charge on any atom is 0.253 e. The summed E-state index contributed by atoms with van der Waals surface area (Å²) in [5.74, 6) is -0.139. The first-order valence-electron chi connectivity index (χ1n) is 6.75. The molecule has 4 nitrogen and oxygen atoms in total. The lowest BCUT2D eigenvalue weighted by atomic mass is 10.1. The van der Waals surface area contributed by atoms with Crippen molar-refractivity contribution < 1.29 is 4.79 Å². The Morgan fingerprint density at radius 2 is 2.09 bits per heavy atom. The summed E-state index contributed by atoms with van der Waals surface area (Å²) in [6.45, 7) is 5.91. The average molecular weight is 334 g/mol. The van der Waals surface area contributed by atoms with Crippen molar-refractivity contribution in [3.63, 3.8) is 0 Å². The van der Waals surface area contributed by atoms with E-state index in [0.717, 1.165) is 16.8 Å². The number of carbonyl (C=O) groups is 1. The minimum absolute atomic E-state index is 0.139. The highest BCUT2D eigenvalue weighted by Gasteiger charge is 2.26. The van der Waals surface area contributed by atoms with Crippen molar-refractivity contribution in [1.82, 2.24) is 9.97 Å². The zero-order valence-electron chi connectivity index (χ0n) is 11.9. The molecule has 6 heteroatoms. The van der Waals surface area contributed by atoms with Gasteiger partial charge < -0.3 is 4.90 Å². The second-order valence-corrected chi connectivity index (χ2v) is 5.93. The van der Waals surface area contributed by atoms with Gasteiger partial charge in [0.1, 0.15) is 11.5 Å². The molecule has 0 N–H and O–H groups in total. The molecule has 0 spiro atoms. The molecule has 1 amide bonds. The molecular weight excluding hydrogens is 321 g/mol. The normalized spacial score (nSPS) is 13.1. The standard InChI is InChI=1S/C16H13Cl2N3O/c1-9(2)16(22)21-6-5-12-14(19-8-20-15(12)18)11-4-3-10(17)7-13(11)21/h3-4,7-8H,1,5-6H2,2H3. The molecule has 0 fully saturated rings. The maximum atomic E-state index is 12.5. The molecule has 0 saturated carbocycles. The smallest absolute Gasteiger partial charge is 0.253 e. The zero-order valence-corrected chi connectivity index (χ0v) is 13.4. The van der Waals surface area contributed by atoms with Crippen LogP contribution in [0.25, 0.3) is 11.3 Å². The monoisotopic (exact) mass is 333 g/mol. The van der Waals surface area contributed by atoms with Crippen molar-refractivity contribution in [2.24, 2.45) is 0 Å². The third-order valence-corrected chi connectivity index (χ3v) is 4.15. The lowest BCUT2D eigenvalue weighted by molar-refractivity contribution is -0.115. The van der Waals surface area contributed by atoms with Crippen LogP contribution in [-0.4, -0.2) is 22.4 Å². The summed E-state index contributed by atoms with van der Waals surface area (Å²) in [6, 6.07) is 5.39. The van der Waals surface area contributed by atoms with Crippen molar-refractivity contribution in [3.05, 3.63) is 52.4 Å². The number of halogens is 2. The van der Waals surface area contributed by atoms with E-state index in [0.29, 0.717) is 34.4 Å². The Kier molecular flexibility index (Phi) is 3.89. The molecule has 0 unspecified atom stereocenters. The Balaban J connectivity index is 2.25. The number of benzene rings is 1. The second kappa shape index (κ2) is 5.71. The predicted octanol–water partition coefficient (Wildman–Crippen LogP) is 3.92. The Bertz CT molecular complexity index is 789. The van der Waals surface area contributed by atoms with Crippen LogP contribution in [0.5, 0.6) is 0 Å². The minimum Gasteiger partial charge on any atom is -0.308 e. The van der Waals surface area contributed by atoms with Crippen LogP contribution in [-0.2, 0) is 11.2 Å². The van der Waals surface area contributed by atoms with Gasteiger partial charge in [0.15, 0.2) is 0 Å². The van der Waals surface area contributed by atoms with Gasteiger partial charge in [0.2, 0.25) is 0 Å². The molecule has 2 aromatic rings. The number of anilines is 1. The van der Waals surface area contributed by atoms with Crippen molar-refractivity contribution in [2.45, 2.75) is 13.3 Å². The van der Waals surface area contributed by atoms with E-state index in [1.54, 1.807) is 24.0 Å². The Morgan fingerprint density at radius 3 is 2.82 bits per heavy atom. The Hall–Kier alpha value is -1.91. The zero-order chi connectivity index (χ0) is 15.9. The molecular formula is C16H13Cl2N3O. The van der Waals surface area contributed by atoms with E-state index >= 15 is 0 Å². The number of nitrogens with zero attached hydrogens (tertiary/aromatic N) is 3. The average Bonchev–Trinajstić information content (AvgIpc) is 2.64. The van der Waals surface area contributed by atoms with Crippen LogP contribution < -0.4 is 4.90 Å². The Labute approximate surface area is 138 Å². The van der Waals surface area contributed by atoms with Crippen LogP contribution >= 0.6 is 23.2 Å². The molecule has 3 rings (SSSR count). The second-order valence-electron chi connectivity index (χ2n) is 5.14. The van der Waals surface area contributed by atoms with E-state index in [1.807, 2.05) is 6.07 Å². The minimum atomic E-state index is -0.139. The molecule has 0 aliphatic carbocycles. The number of hydrogen-bond donors (Lipinski definition) is 0. The van der Waals surface area contributed by atoms with Gasteiger partial charge in [-0.15, -0.1) is 0 Å². The van der Waals surface area contributed by atoms with Crippen molar-refractivity contribution in [3.8, 4) is 11.3 Å². The van der Waals surface area contributed by atoms with Gasteiger partial charge in [-0.2, -0.15) is 0 Å². The molecule has 1 aliphatic rings. The molecule has 0 bridgehead atoms. The molecule has 1 aliphatic heterocycles. The lowest BCUT2D eigenvalue weighted by Gasteiger charge is -2.23. The van der Waals surface area contributed by atoms with Crippen molar-refractivity contribution in [2.75, 3.05) is 11.4 Å². The summed E-state index contributed by atoms with van der Waals surface area (Å²) < 4.78 is 0. The summed E-state index contributed by atoms with van der Waals surface area (Å²) >= 11 is 12.3. The van der Waals surface area contributed by atoms with Crippen molar-refractivity contribution >= 4 is 34.8 Å². The molecule has 112 valence electrons. The van der Waals surface area contributed by atoms with Gasteiger partial charge in [-0.3, -0.25) is 4.79 Å². The fourth-order valence-corrected chi connectivity index (χ4v) is 2.95. The Morgan fingerprint density at radius 1 is 1.32 bits per heavy atom. The topological polar surface area (TPSA) is 46.1 Å². The quantitative estimate of drug-likeness (QED) is 0.587. The van der Waals surface area contributed by atoms with E-state index in [-0.39, 0.29) is 5.91 Å². The SMILES string of the molecule is C=C(C)C(=O)N1CCc2c(Cl)ncnc2-c2ccc(Cl)cc21. The summed E-state index contributed by atoms with van der Waals surface area (Å²) in [5, 5.41) is 0.970. The highest BCUT2D eigenvalue weighted by Crippen LogP contribution is 2.38. The van der Waals surface area contributed by atoms with E-state index in [2.05, 4.69) is 16.5 Å². The van der Waals surface area contributed by atoms with Crippen LogP contribution in [0.2, 0.25) is 10.2 Å². The van der Waals surface area contributed by atoms with Crippen LogP contribution in [0.1, 0.15) is 12.5 Å². The largest absolute Gasteiger partial charge is 0.308 e. The van der Waals surface area contributed by atoms with Crippen LogP contribution in [0.4, 0.5) is 5.69 Å². The van der Waals surface area contributed by atoms with Gasteiger partial charge >= 0.3 is 0 Å². The number of hydrogen-bond acceptors (Lipinski definition) is 3. The number of aromatic nitrogens is 2. The number of rotatable bonds is 1. The van der Waals surface area contributed by atoms with Gasteiger partial charge in [0.25, 0.3) is 5.91 Å².